The van der Waals surface area contributed by atoms with E-state index >= 15 is 0 Å². The fraction of sp³-hybridized carbons (Fsp3) is 0.458. The fourth-order valence-corrected chi connectivity index (χ4v) is 4.38. The van der Waals surface area contributed by atoms with Crippen molar-refractivity contribution in [2.45, 2.75) is 46.5 Å². The molecule has 4 N–H and O–H groups in total. The van der Waals surface area contributed by atoms with Crippen molar-refractivity contribution in [3.8, 4) is 0 Å². The van der Waals surface area contributed by atoms with Gasteiger partial charge in [0.05, 0.1) is 12.3 Å². The maximum atomic E-state index is 9.17. The van der Waals surface area contributed by atoms with E-state index in [-0.39, 0.29) is 6.61 Å². The quantitative estimate of drug-likeness (QED) is 0.443. The second kappa shape index (κ2) is 9.67. The molecule has 2 aromatic heterocycles. The number of H-pyrrole nitrogens is 1. The third-order valence-electron chi connectivity index (χ3n) is 6.23. The Morgan fingerprint density at radius 2 is 1.81 bits per heavy atom. The minimum atomic E-state index is 0.239. The van der Waals surface area contributed by atoms with Crippen LogP contribution in [0.15, 0.2) is 24.4 Å². The van der Waals surface area contributed by atoms with Gasteiger partial charge < -0.3 is 20.6 Å². The molecule has 0 atom stereocenters. The summed E-state index contributed by atoms with van der Waals surface area (Å²) < 4.78 is 0. The number of aliphatic hydroxyl groups is 1. The molecule has 170 valence electrons. The molecule has 0 amide bonds. The lowest BCUT2D eigenvalue weighted by atomic mass is 9.85. The molecular formula is C24H33N7O. The van der Waals surface area contributed by atoms with Crippen molar-refractivity contribution in [1.82, 2.24) is 25.1 Å². The van der Waals surface area contributed by atoms with Crippen LogP contribution < -0.4 is 10.6 Å². The molecule has 8 nitrogen and oxygen atoms in total. The van der Waals surface area contributed by atoms with Gasteiger partial charge in [0, 0.05) is 30.1 Å². The molecule has 0 radical (unpaired) electrons. The molecule has 3 aromatic rings. The third-order valence-corrected chi connectivity index (χ3v) is 6.23. The lowest BCUT2D eigenvalue weighted by molar-refractivity contribution is 0.164. The molecule has 1 fully saturated rings. The number of hydrogen-bond donors (Lipinski definition) is 4. The summed E-state index contributed by atoms with van der Waals surface area (Å²) in [6.07, 6.45) is 4.09. The van der Waals surface area contributed by atoms with Gasteiger partial charge in [-0.15, -0.1) is 0 Å². The Morgan fingerprint density at radius 1 is 1.03 bits per heavy atom. The molecule has 1 aromatic carbocycles. The van der Waals surface area contributed by atoms with Gasteiger partial charge in [-0.1, -0.05) is 6.07 Å². The highest BCUT2D eigenvalue weighted by Gasteiger charge is 2.22. The van der Waals surface area contributed by atoms with Crippen LogP contribution in [-0.4, -0.2) is 56.4 Å². The number of aryl methyl sites for hydroxylation is 4. The van der Waals surface area contributed by atoms with E-state index in [2.05, 4.69) is 61.7 Å². The van der Waals surface area contributed by atoms with E-state index in [9.17, 15) is 5.11 Å². The summed E-state index contributed by atoms with van der Waals surface area (Å²) in [6.45, 7) is 11.3. The lowest BCUT2D eigenvalue weighted by Crippen LogP contribution is -2.35. The third kappa shape index (κ3) is 5.08. The zero-order valence-corrected chi connectivity index (χ0v) is 19.4. The van der Waals surface area contributed by atoms with Gasteiger partial charge in [0.25, 0.3) is 0 Å². The molecule has 1 aliphatic heterocycles. The van der Waals surface area contributed by atoms with Crippen LogP contribution in [-0.2, 0) is 0 Å². The number of aliphatic hydroxyl groups excluding tert-OH is 1. The zero-order valence-electron chi connectivity index (χ0n) is 19.4. The molecule has 0 aliphatic carbocycles. The van der Waals surface area contributed by atoms with Crippen molar-refractivity contribution < 1.29 is 5.11 Å². The van der Waals surface area contributed by atoms with E-state index in [0.29, 0.717) is 11.9 Å². The Kier molecular flexibility index (Phi) is 6.72. The van der Waals surface area contributed by atoms with E-state index in [1.807, 2.05) is 26.1 Å². The van der Waals surface area contributed by atoms with Crippen LogP contribution in [0.3, 0.4) is 0 Å². The first-order valence-corrected chi connectivity index (χ1v) is 11.3. The number of rotatable bonds is 7. The van der Waals surface area contributed by atoms with Gasteiger partial charge in [-0.3, -0.25) is 5.10 Å². The average molecular weight is 436 g/mol. The maximum Gasteiger partial charge on any atom is 0.229 e. The van der Waals surface area contributed by atoms with Gasteiger partial charge in [0.2, 0.25) is 5.95 Å². The smallest absolute Gasteiger partial charge is 0.229 e. The van der Waals surface area contributed by atoms with Gasteiger partial charge in [0.1, 0.15) is 11.6 Å². The van der Waals surface area contributed by atoms with Crippen molar-refractivity contribution >= 4 is 23.3 Å². The first kappa shape index (κ1) is 22.2. The van der Waals surface area contributed by atoms with Crippen molar-refractivity contribution in [3.63, 3.8) is 0 Å². The molecule has 1 aliphatic rings. The number of β-amino-alcohol motifs (C(OH)–C–C–N with tert-alkyl or cyclic N) is 1. The second-order valence-corrected chi connectivity index (χ2v) is 8.76. The van der Waals surface area contributed by atoms with E-state index < -0.39 is 0 Å². The van der Waals surface area contributed by atoms with Crippen LogP contribution in [0.4, 0.5) is 23.3 Å². The van der Waals surface area contributed by atoms with Gasteiger partial charge in [-0.05, 0) is 82.3 Å². The minimum Gasteiger partial charge on any atom is -0.395 e. The number of aromatic nitrogens is 4. The number of anilines is 4. The predicted octanol–water partition coefficient (Wildman–Crippen LogP) is 4.09. The Morgan fingerprint density at radius 3 is 2.50 bits per heavy atom. The molecule has 32 heavy (non-hydrogen) atoms. The van der Waals surface area contributed by atoms with E-state index in [1.165, 1.54) is 16.7 Å². The number of aromatic amines is 1. The van der Waals surface area contributed by atoms with Gasteiger partial charge >= 0.3 is 0 Å². The first-order valence-electron chi connectivity index (χ1n) is 11.3. The summed E-state index contributed by atoms with van der Waals surface area (Å²) in [5.74, 6) is 2.67. The summed E-state index contributed by atoms with van der Waals surface area (Å²) in [6, 6.07) is 6.46. The second-order valence-electron chi connectivity index (χ2n) is 8.76. The van der Waals surface area contributed by atoms with Crippen LogP contribution >= 0.6 is 0 Å². The highest BCUT2D eigenvalue weighted by molar-refractivity contribution is 5.64. The Labute approximate surface area is 189 Å². The molecule has 0 saturated carbocycles. The number of nitrogens with one attached hydrogen (secondary N) is 3. The number of benzene rings is 1. The van der Waals surface area contributed by atoms with Gasteiger partial charge in [0.15, 0.2) is 0 Å². The van der Waals surface area contributed by atoms with E-state index in [0.717, 1.165) is 61.1 Å². The van der Waals surface area contributed by atoms with Crippen molar-refractivity contribution in [3.05, 3.63) is 52.3 Å². The SMILES string of the molecule is Cc1cc(Nc2nc(Nc3cc(C)c(C4CCN(CCO)CC4)cc3C)ncc2C)[nH]n1. The van der Waals surface area contributed by atoms with Crippen molar-refractivity contribution in [2.24, 2.45) is 0 Å². The van der Waals surface area contributed by atoms with Crippen LogP contribution in [0, 0.1) is 27.7 Å². The van der Waals surface area contributed by atoms with E-state index in [4.69, 9.17) is 0 Å². The molecule has 0 bridgehead atoms. The average Bonchev–Trinajstić information content (AvgIpc) is 3.18. The number of nitrogens with zero attached hydrogens (tertiary/aromatic N) is 4. The van der Waals surface area contributed by atoms with E-state index in [1.54, 1.807) is 0 Å². The maximum absolute atomic E-state index is 9.17. The molecular weight excluding hydrogens is 402 g/mol. The van der Waals surface area contributed by atoms with Crippen LogP contribution in [0.2, 0.25) is 0 Å². The Balaban J connectivity index is 1.49. The Bertz CT molecular complexity index is 1070. The molecule has 0 spiro atoms. The minimum absolute atomic E-state index is 0.239. The molecule has 8 heteroatoms. The number of likely N-dealkylation sites (tertiary alicyclic amines) is 1. The molecule has 0 unspecified atom stereocenters. The molecule has 4 rings (SSSR count). The highest BCUT2D eigenvalue weighted by atomic mass is 16.3. The summed E-state index contributed by atoms with van der Waals surface area (Å²) in [5.41, 5.74) is 6.81. The monoisotopic (exact) mass is 435 g/mol. The molecule has 1 saturated heterocycles. The van der Waals surface area contributed by atoms with Gasteiger partial charge in [-0.2, -0.15) is 10.1 Å². The largest absolute Gasteiger partial charge is 0.395 e. The number of piperidine rings is 1. The van der Waals surface area contributed by atoms with Crippen molar-refractivity contribution in [1.29, 1.82) is 0 Å². The predicted molar refractivity (Wildman–Crippen MR) is 128 cm³/mol. The summed E-state index contributed by atoms with van der Waals surface area (Å²) in [7, 11) is 0. The summed E-state index contributed by atoms with van der Waals surface area (Å²) in [5, 5.41) is 23.0. The van der Waals surface area contributed by atoms with Crippen molar-refractivity contribution in [2.75, 3.05) is 36.9 Å². The fourth-order valence-electron chi connectivity index (χ4n) is 4.38. The lowest BCUT2D eigenvalue weighted by Gasteiger charge is -2.32. The zero-order chi connectivity index (χ0) is 22.7. The van der Waals surface area contributed by atoms with Crippen LogP contribution in [0.1, 0.15) is 46.7 Å². The summed E-state index contributed by atoms with van der Waals surface area (Å²) >= 11 is 0. The highest BCUT2D eigenvalue weighted by Crippen LogP contribution is 2.34. The van der Waals surface area contributed by atoms with Crippen LogP contribution in [0.5, 0.6) is 0 Å². The summed E-state index contributed by atoms with van der Waals surface area (Å²) in [4.78, 5) is 11.5. The molecule has 3 heterocycles. The standard InChI is InChI=1S/C24H33N7O/c1-15-12-21(16(2)11-20(15)19-5-7-31(8-6-19)9-10-32)26-24-25-14-17(3)23(28-24)27-22-13-18(4)29-30-22/h11-14,19,32H,5-10H2,1-4H3,(H3,25,26,27,28,29,30). The number of hydrogen-bond acceptors (Lipinski definition) is 7. The van der Waals surface area contributed by atoms with Gasteiger partial charge in [-0.25, -0.2) is 4.98 Å². The first-order chi connectivity index (χ1) is 15.4. The Hall–Kier alpha value is -2.97. The topological polar surface area (TPSA) is 102 Å². The van der Waals surface area contributed by atoms with Crippen LogP contribution in [0.25, 0.3) is 0 Å². The normalized spacial score (nSPS) is 15.2.